The fourth-order valence-electron chi connectivity index (χ4n) is 1.39. The van der Waals surface area contributed by atoms with Gasteiger partial charge in [0.2, 0.25) is 0 Å². The molecule has 72 valence electrons. The summed E-state index contributed by atoms with van der Waals surface area (Å²) in [5.41, 5.74) is 9.70. The van der Waals surface area contributed by atoms with Crippen LogP contribution in [-0.4, -0.2) is 20.6 Å². The van der Waals surface area contributed by atoms with E-state index in [1.54, 1.807) is 0 Å². The van der Waals surface area contributed by atoms with Crippen LogP contribution in [0, 0.1) is 13.8 Å². The number of nitrogen functional groups attached to an aromatic ring is 1. The molecule has 0 spiro atoms. The van der Waals surface area contributed by atoms with Crippen LogP contribution in [0.25, 0.3) is 11.4 Å². The number of anilines is 1. The molecule has 0 saturated carbocycles. The summed E-state index contributed by atoms with van der Waals surface area (Å²) in [6.45, 7) is 3.94. The van der Waals surface area contributed by atoms with Crippen molar-refractivity contribution in [3.63, 3.8) is 0 Å². The number of hydrogen-bond donors (Lipinski definition) is 2. The predicted molar refractivity (Wildman–Crippen MR) is 53.5 cm³/mol. The van der Waals surface area contributed by atoms with Gasteiger partial charge < -0.3 is 5.73 Å². The minimum atomic E-state index is 0.663. The Kier molecular flexibility index (Phi) is 1.92. The maximum absolute atomic E-state index is 5.84. The van der Waals surface area contributed by atoms with Crippen molar-refractivity contribution in [3.05, 3.63) is 23.3 Å². The Bertz CT molecular complexity index is 423. The van der Waals surface area contributed by atoms with Gasteiger partial charge >= 0.3 is 0 Å². The summed E-state index contributed by atoms with van der Waals surface area (Å²) in [5.74, 6) is 0.663. The third-order valence-electron chi connectivity index (χ3n) is 2.21. The molecule has 0 aliphatic heterocycles. The van der Waals surface area contributed by atoms with Crippen LogP contribution in [0.3, 0.4) is 0 Å². The van der Waals surface area contributed by atoms with E-state index in [1.165, 1.54) is 0 Å². The molecule has 1 aromatic heterocycles. The average molecular weight is 189 g/mol. The van der Waals surface area contributed by atoms with Crippen LogP contribution in [0.2, 0.25) is 0 Å². The van der Waals surface area contributed by atoms with Gasteiger partial charge in [0.05, 0.1) is 0 Å². The Morgan fingerprint density at radius 1 is 1.21 bits per heavy atom. The molecule has 2 aromatic rings. The third kappa shape index (κ3) is 1.32. The van der Waals surface area contributed by atoms with Crippen molar-refractivity contribution in [3.8, 4) is 11.4 Å². The normalized spacial score (nSPS) is 10.4. The Morgan fingerprint density at radius 2 is 1.86 bits per heavy atom. The first-order chi connectivity index (χ1) is 6.68. The van der Waals surface area contributed by atoms with Gasteiger partial charge in [-0.25, -0.2) is 5.10 Å². The highest BCUT2D eigenvalue weighted by atomic mass is 15.5. The van der Waals surface area contributed by atoms with Crippen molar-refractivity contribution < 1.29 is 0 Å². The van der Waals surface area contributed by atoms with E-state index in [4.69, 9.17) is 5.73 Å². The lowest BCUT2D eigenvalue weighted by Gasteiger charge is -2.06. The Morgan fingerprint density at radius 3 is 2.36 bits per heavy atom. The molecule has 1 aromatic carbocycles. The lowest BCUT2D eigenvalue weighted by atomic mass is 10.0. The second-order valence-corrected chi connectivity index (χ2v) is 3.27. The molecule has 0 unspecified atom stereocenters. The van der Waals surface area contributed by atoms with E-state index in [1.807, 2.05) is 26.0 Å². The van der Waals surface area contributed by atoms with Crippen LogP contribution in [0.15, 0.2) is 12.1 Å². The number of H-pyrrole nitrogens is 1. The number of hydrogen-bond acceptors (Lipinski definition) is 4. The van der Waals surface area contributed by atoms with Crippen molar-refractivity contribution in [2.24, 2.45) is 0 Å². The highest BCUT2D eigenvalue weighted by molar-refractivity contribution is 5.65. The van der Waals surface area contributed by atoms with E-state index in [-0.39, 0.29) is 0 Å². The van der Waals surface area contributed by atoms with E-state index in [0.717, 1.165) is 22.4 Å². The van der Waals surface area contributed by atoms with Gasteiger partial charge in [0.25, 0.3) is 0 Å². The monoisotopic (exact) mass is 189 g/mol. The number of nitrogens with two attached hydrogens (primary N) is 1. The molecule has 0 fully saturated rings. The Labute approximate surface area is 81.3 Å². The zero-order chi connectivity index (χ0) is 10.1. The fourth-order valence-corrected chi connectivity index (χ4v) is 1.39. The molecule has 0 radical (unpaired) electrons. The Hall–Kier alpha value is -1.91. The molecule has 5 heteroatoms. The zero-order valence-corrected chi connectivity index (χ0v) is 8.07. The van der Waals surface area contributed by atoms with Crippen LogP contribution < -0.4 is 5.73 Å². The van der Waals surface area contributed by atoms with Crippen molar-refractivity contribution in [1.82, 2.24) is 20.6 Å². The van der Waals surface area contributed by atoms with Crippen LogP contribution >= 0.6 is 0 Å². The number of nitrogens with zero attached hydrogens (tertiary/aromatic N) is 3. The zero-order valence-electron chi connectivity index (χ0n) is 8.07. The first-order valence-corrected chi connectivity index (χ1v) is 4.29. The minimum absolute atomic E-state index is 0.663. The number of rotatable bonds is 1. The van der Waals surface area contributed by atoms with Crippen LogP contribution in [0.5, 0.6) is 0 Å². The number of aromatic nitrogens is 4. The van der Waals surface area contributed by atoms with E-state index < -0.39 is 0 Å². The SMILES string of the molecule is Cc1cc(-c2nnn[nH]2)cc(C)c1N. The number of nitrogens with one attached hydrogen (secondary N) is 1. The molecule has 3 N–H and O–H groups in total. The number of aryl methyl sites for hydroxylation is 2. The summed E-state index contributed by atoms with van der Waals surface area (Å²) in [6, 6.07) is 3.93. The second-order valence-electron chi connectivity index (χ2n) is 3.27. The number of benzene rings is 1. The molecule has 0 saturated heterocycles. The van der Waals surface area contributed by atoms with Crippen molar-refractivity contribution in [1.29, 1.82) is 0 Å². The lowest BCUT2D eigenvalue weighted by Crippen LogP contribution is -1.94. The van der Waals surface area contributed by atoms with Crippen LogP contribution in [-0.2, 0) is 0 Å². The van der Waals surface area contributed by atoms with Gasteiger partial charge in [-0.3, -0.25) is 0 Å². The number of aromatic amines is 1. The van der Waals surface area contributed by atoms with E-state index >= 15 is 0 Å². The second kappa shape index (κ2) is 3.10. The maximum atomic E-state index is 5.84. The summed E-state index contributed by atoms with van der Waals surface area (Å²) in [4.78, 5) is 0. The summed E-state index contributed by atoms with van der Waals surface area (Å²) in [7, 11) is 0. The minimum Gasteiger partial charge on any atom is -0.398 e. The molecule has 0 atom stereocenters. The van der Waals surface area contributed by atoms with Crippen LogP contribution in [0.1, 0.15) is 11.1 Å². The van der Waals surface area contributed by atoms with Crippen LogP contribution in [0.4, 0.5) is 5.69 Å². The molecule has 1 heterocycles. The summed E-state index contributed by atoms with van der Waals surface area (Å²) < 4.78 is 0. The van der Waals surface area contributed by atoms with Gasteiger partial charge in [-0.2, -0.15) is 0 Å². The van der Waals surface area contributed by atoms with Gasteiger partial charge in [-0.05, 0) is 47.5 Å². The molecule has 0 aliphatic carbocycles. The van der Waals surface area contributed by atoms with Crippen molar-refractivity contribution in [2.75, 3.05) is 5.73 Å². The molecular weight excluding hydrogens is 178 g/mol. The third-order valence-corrected chi connectivity index (χ3v) is 2.21. The molecular formula is C9H11N5. The molecule has 0 bridgehead atoms. The fraction of sp³-hybridized carbons (Fsp3) is 0.222. The van der Waals surface area contributed by atoms with Gasteiger partial charge in [-0.15, -0.1) is 5.10 Å². The summed E-state index contributed by atoms with van der Waals surface area (Å²) >= 11 is 0. The molecule has 5 nitrogen and oxygen atoms in total. The first kappa shape index (κ1) is 8.68. The number of tetrazole rings is 1. The quantitative estimate of drug-likeness (QED) is 0.657. The topological polar surface area (TPSA) is 80.5 Å². The summed E-state index contributed by atoms with van der Waals surface area (Å²) in [6.07, 6.45) is 0. The van der Waals surface area contributed by atoms with E-state index in [0.29, 0.717) is 5.82 Å². The van der Waals surface area contributed by atoms with Crippen molar-refractivity contribution in [2.45, 2.75) is 13.8 Å². The maximum Gasteiger partial charge on any atom is 0.179 e. The summed E-state index contributed by atoms with van der Waals surface area (Å²) in [5, 5.41) is 13.6. The Balaban J connectivity index is 2.57. The van der Waals surface area contributed by atoms with E-state index in [9.17, 15) is 0 Å². The smallest absolute Gasteiger partial charge is 0.179 e. The van der Waals surface area contributed by atoms with Gasteiger partial charge in [-0.1, -0.05) is 0 Å². The predicted octanol–water partition coefficient (Wildman–Crippen LogP) is 1.07. The van der Waals surface area contributed by atoms with Crippen molar-refractivity contribution >= 4 is 5.69 Å². The van der Waals surface area contributed by atoms with Gasteiger partial charge in [0, 0.05) is 11.3 Å². The first-order valence-electron chi connectivity index (χ1n) is 4.29. The van der Waals surface area contributed by atoms with Gasteiger partial charge in [0.15, 0.2) is 5.82 Å². The lowest BCUT2D eigenvalue weighted by molar-refractivity contribution is 0.881. The standard InChI is InChI=1S/C9H11N5/c1-5-3-7(4-6(2)8(5)10)9-11-13-14-12-9/h3-4H,10H2,1-2H3,(H,11,12,13,14). The molecule has 0 aliphatic rings. The van der Waals surface area contributed by atoms with Gasteiger partial charge in [0.1, 0.15) is 0 Å². The highest BCUT2D eigenvalue weighted by Crippen LogP contribution is 2.23. The highest BCUT2D eigenvalue weighted by Gasteiger charge is 2.05. The molecule has 0 amide bonds. The average Bonchev–Trinajstić information content (AvgIpc) is 2.66. The van der Waals surface area contributed by atoms with E-state index in [2.05, 4.69) is 20.6 Å². The molecule has 2 rings (SSSR count). The largest absolute Gasteiger partial charge is 0.398 e. The molecule has 14 heavy (non-hydrogen) atoms.